The highest BCUT2D eigenvalue weighted by Crippen LogP contribution is 2.28. The lowest BCUT2D eigenvalue weighted by molar-refractivity contribution is 0.0301. The summed E-state index contributed by atoms with van der Waals surface area (Å²) >= 11 is 0. The molecule has 1 heterocycles. The van der Waals surface area contributed by atoms with Gasteiger partial charge in [0.15, 0.2) is 0 Å². The summed E-state index contributed by atoms with van der Waals surface area (Å²) in [6.07, 6.45) is 5.28. The summed E-state index contributed by atoms with van der Waals surface area (Å²) in [4.78, 5) is 2.01. The van der Waals surface area contributed by atoms with Crippen molar-refractivity contribution in [3.05, 3.63) is 0 Å². The second-order valence-corrected chi connectivity index (χ2v) is 5.82. The minimum absolute atomic E-state index is 0.0522. The van der Waals surface area contributed by atoms with Crippen LogP contribution >= 0.6 is 0 Å². The predicted molar refractivity (Wildman–Crippen MR) is 70.0 cm³/mol. The van der Waals surface area contributed by atoms with Crippen molar-refractivity contribution in [3.63, 3.8) is 0 Å². The molecule has 0 amide bonds. The van der Waals surface area contributed by atoms with Crippen LogP contribution in [0.1, 0.15) is 45.4 Å². The van der Waals surface area contributed by atoms with Crippen LogP contribution in [0.2, 0.25) is 0 Å². The van der Waals surface area contributed by atoms with Gasteiger partial charge >= 0.3 is 0 Å². The van der Waals surface area contributed by atoms with Crippen LogP contribution in [-0.4, -0.2) is 43.0 Å². The van der Waals surface area contributed by atoms with Crippen LogP contribution in [0.15, 0.2) is 0 Å². The number of nitrogens with zero attached hydrogens (tertiary/aromatic N) is 1. The Kier molecular flexibility index (Phi) is 5.37. The first-order valence-electron chi connectivity index (χ1n) is 7.46. The van der Waals surface area contributed by atoms with Crippen LogP contribution in [0.5, 0.6) is 0 Å². The second-order valence-electron chi connectivity index (χ2n) is 5.82. The largest absolute Gasteiger partial charge is 0.311 e. The highest BCUT2D eigenvalue weighted by atomic mass is 19.3. The van der Waals surface area contributed by atoms with Gasteiger partial charge < -0.3 is 5.32 Å². The van der Waals surface area contributed by atoms with Gasteiger partial charge in [-0.1, -0.05) is 26.2 Å². The van der Waals surface area contributed by atoms with E-state index in [1.165, 1.54) is 32.1 Å². The normalized spacial score (nSPS) is 32.0. The fourth-order valence-electron chi connectivity index (χ4n) is 3.54. The van der Waals surface area contributed by atoms with Gasteiger partial charge in [0, 0.05) is 25.2 Å². The number of nitrogens with one attached hydrogen (secondary N) is 1. The molecule has 2 rings (SSSR count). The molecule has 2 atom stereocenters. The van der Waals surface area contributed by atoms with Crippen LogP contribution in [0.3, 0.4) is 0 Å². The Labute approximate surface area is 109 Å². The van der Waals surface area contributed by atoms with Crippen molar-refractivity contribution in [1.82, 2.24) is 10.2 Å². The molecule has 2 nitrogen and oxygen atoms in total. The fraction of sp³-hybridized carbons (Fsp3) is 1.00. The highest BCUT2D eigenvalue weighted by molar-refractivity contribution is 4.90. The number of hydrogen-bond donors (Lipinski definition) is 1. The summed E-state index contributed by atoms with van der Waals surface area (Å²) in [5, 5.41) is 3.61. The molecule has 0 aromatic heterocycles. The molecule has 2 unspecified atom stereocenters. The summed E-state index contributed by atoms with van der Waals surface area (Å²) in [6.45, 7) is 3.73. The second kappa shape index (κ2) is 6.80. The fourth-order valence-corrected chi connectivity index (χ4v) is 3.54. The van der Waals surface area contributed by atoms with Crippen LogP contribution in [0, 0.1) is 5.92 Å². The van der Waals surface area contributed by atoms with Gasteiger partial charge in [0.2, 0.25) is 0 Å². The lowest BCUT2D eigenvalue weighted by Gasteiger charge is -2.43. The first-order valence-corrected chi connectivity index (χ1v) is 7.46. The summed E-state index contributed by atoms with van der Waals surface area (Å²) in [5.41, 5.74) is 0. The Morgan fingerprint density at radius 1 is 1.22 bits per heavy atom. The van der Waals surface area contributed by atoms with E-state index >= 15 is 0 Å². The molecule has 0 aromatic rings. The zero-order valence-corrected chi connectivity index (χ0v) is 11.4. The molecule has 0 aromatic carbocycles. The maximum absolute atomic E-state index is 12.6. The first kappa shape index (κ1) is 14.2. The number of rotatable bonds is 4. The number of alkyl halides is 2. The van der Waals surface area contributed by atoms with E-state index in [1.807, 2.05) is 4.90 Å². The van der Waals surface area contributed by atoms with Gasteiger partial charge in [0.25, 0.3) is 6.43 Å². The molecule has 1 saturated carbocycles. The van der Waals surface area contributed by atoms with Crippen LogP contribution in [0.4, 0.5) is 8.78 Å². The molecule has 2 aliphatic rings. The maximum atomic E-state index is 12.6. The molecule has 0 spiro atoms. The third kappa shape index (κ3) is 3.64. The molecular formula is C14H26F2N2. The van der Waals surface area contributed by atoms with E-state index < -0.39 is 6.43 Å². The number of piperazine rings is 1. The predicted octanol–water partition coefficient (Wildman–Crippen LogP) is 2.88. The summed E-state index contributed by atoms with van der Waals surface area (Å²) in [6, 6.07) is 0.727. The van der Waals surface area contributed by atoms with Crippen molar-refractivity contribution in [3.8, 4) is 0 Å². The van der Waals surface area contributed by atoms with E-state index in [0.29, 0.717) is 18.0 Å². The average Bonchev–Trinajstić information content (AvgIpc) is 2.39. The topological polar surface area (TPSA) is 15.3 Å². The van der Waals surface area contributed by atoms with Crippen molar-refractivity contribution in [1.29, 1.82) is 0 Å². The van der Waals surface area contributed by atoms with E-state index in [-0.39, 0.29) is 6.54 Å². The Bertz CT molecular complexity index is 242. The van der Waals surface area contributed by atoms with E-state index in [1.54, 1.807) is 0 Å². The van der Waals surface area contributed by atoms with E-state index in [9.17, 15) is 8.78 Å². The molecule has 0 bridgehead atoms. The third-order valence-electron chi connectivity index (χ3n) is 4.63. The molecule has 18 heavy (non-hydrogen) atoms. The van der Waals surface area contributed by atoms with Gasteiger partial charge in [-0.2, -0.15) is 0 Å². The van der Waals surface area contributed by atoms with Gasteiger partial charge in [0.05, 0.1) is 6.54 Å². The molecule has 4 heteroatoms. The Morgan fingerprint density at radius 3 is 2.56 bits per heavy atom. The van der Waals surface area contributed by atoms with Crippen LogP contribution in [-0.2, 0) is 0 Å². The summed E-state index contributed by atoms with van der Waals surface area (Å²) in [7, 11) is 0. The summed E-state index contributed by atoms with van der Waals surface area (Å²) < 4.78 is 25.3. The van der Waals surface area contributed by atoms with Gasteiger partial charge in [-0.25, -0.2) is 8.78 Å². The minimum Gasteiger partial charge on any atom is -0.311 e. The van der Waals surface area contributed by atoms with Crippen molar-refractivity contribution in [2.24, 2.45) is 5.92 Å². The third-order valence-corrected chi connectivity index (χ3v) is 4.63. The van der Waals surface area contributed by atoms with Gasteiger partial charge in [-0.15, -0.1) is 0 Å². The molecule has 0 radical (unpaired) electrons. The van der Waals surface area contributed by atoms with E-state index in [0.717, 1.165) is 19.5 Å². The zero-order valence-electron chi connectivity index (χ0n) is 11.4. The number of halogens is 2. The van der Waals surface area contributed by atoms with E-state index in [4.69, 9.17) is 0 Å². The average molecular weight is 260 g/mol. The Hall–Kier alpha value is -0.220. The summed E-state index contributed by atoms with van der Waals surface area (Å²) in [5.74, 6) is 0.705. The standard InChI is InChI=1S/C14H26F2N2/c1-2-12-8-17-13(9-18(12)10-14(15)16)11-6-4-3-5-7-11/h11-14,17H,2-10H2,1H3. The number of hydrogen-bond acceptors (Lipinski definition) is 2. The smallest absolute Gasteiger partial charge is 0.251 e. The molecule has 1 N–H and O–H groups in total. The molecule has 2 fully saturated rings. The zero-order chi connectivity index (χ0) is 13.0. The molecular weight excluding hydrogens is 234 g/mol. The van der Waals surface area contributed by atoms with Crippen molar-refractivity contribution in [2.75, 3.05) is 19.6 Å². The molecule has 1 aliphatic carbocycles. The lowest BCUT2D eigenvalue weighted by Crippen LogP contribution is -2.59. The van der Waals surface area contributed by atoms with Gasteiger partial charge in [-0.05, 0) is 25.2 Å². The SMILES string of the molecule is CCC1CNC(C2CCCCC2)CN1CC(F)F. The molecule has 106 valence electrons. The van der Waals surface area contributed by atoms with Gasteiger partial charge in [-0.3, -0.25) is 4.90 Å². The lowest BCUT2D eigenvalue weighted by atomic mass is 9.82. The van der Waals surface area contributed by atoms with Crippen LogP contribution in [0.25, 0.3) is 0 Å². The van der Waals surface area contributed by atoms with Crippen molar-refractivity contribution < 1.29 is 8.78 Å². The van der Waals surface area contributed by atoms with E-state index in [2.05, 4.69) is 12.2 Å². The quantitative estimate of drug-likeness (QED) is 0.836. The first-order chi connectivity index (χ1) is 8.70. The van der Waals surface area contributed by atoms with Crippen molar-refractivity contribution >= 4 is 0 Å². The Morgan fingerprint density at radius 2 is 1.94 bits per heavy atom. The van der Waals surface area contributed by atoms with Crippen molar-refractivity contribution in [2.45, 2.75) is 64.0 Å². The Balaban J connectivity index is 1.90. The molecule has 1 aliphatic heterocycles. The maximum Gasteiger partial charge on any atom is 0.251 e. The van der Waals surface area contributed by atoms with Gasteiger partial charge in [0.1, 0.15) is 0 Å². The molecule has 1 saturated heterocycles. The highest BCUT2D eigenvalue weighted by Gasteiger charge is 2.32. The van der Waals surface area contributed by atoms with Crippen LogP contribution < -0.4 is 5.32 Å². The minimum atomic E-state index is -2.20. The monoisotopic (exact) mass is 260 g/mol.